The van der Waals surface area contributed by atoms with E-state index in [0.29, 0.717) is 12.8 Å². The second kappa shape index (κ2) is 6.96. The molecule has 1 aromatic carbocycles. The minimum absolute atomic E-state index is 0.179. The molecule has 0 fully saturated rings. The van der Waals surface area contributed by atoms with Gasteiger partial charge in [-0.3, -0.25) is 0 Å². The molecule has 4 heteroatoms. The van der Waals surface area contributed by atoms with Crippen molar-refractivity contribution in [2.45, 2.75) is 12.8 Å². The monoisotopic (exact) mass is 405 g/mol. The zero-order valence-electron chi connectivity index (χ0n) is 12.2. The van der Waals surface area contributed by atoms with E-state index in [1.54, 1.807) is 0 Å². The van der Waals surface area contributed by atoms with Crippen LogP contribution < -0.4 is 21.2 Å². The summed E-state index contributed by atoms with van der Waals surface area (Å²) in [6.07, 6.45) is 5.68. The Kier molecular flexibility index (Phi) is 4.77. The van der Waals surface area contributed by atoms with Crippen LogP contribution in [0, 0.1) is 0 Å². The quantitative estimate of drug-likeness (QED) is 0.458. The molecule has 0 bridgehead atoms. The topological polar surface area (TPSA) is 38.0 Å². The van der Waals surface area contributed by atoms with Crippen LogP contribution in [0.25, 0.3) is 17.0 Å². The van der Waals surface area contributed by atoms with Gasteiger partial charge in [0, 0.05) is 0 Å². The number of aliphatic hydroxyl groups is 1. The summed E-state index contributed by atoms with van der Waals surface area (Å²) in [6.45, 7) is 3.55. The minimum atomic E-state index is 0.179. The Labute approximate surface area is 140 Å². The third-order valence-electron chi connectivity index (χ3n) is 3.44. The van der Waals surface area contributed by atoms with Crippen LogP contribution in [0.15, 0.2) is 65.0 Å². The van der Waals surface area contributed by atoms with Crippen LogP contribution in [-0.4, -0.2) is 19.3 Å². The van der Waals surface area contributed by atoms with Gasteiger partial charge in [-0.05, 0) is 0 Å². The number of allylic oxidation sites excluding steroid dienone is 4. The Morgan fingerprint density at radius 3 is 2.82 bits per heavy atom. The summed E-state index contributed by atoms with van der Waals surface area (Å²) in [7, 11) is 0. The molecule has 0 amide bonds. The van der Waals surface area contributed by atoms with E-state index in [9.17, 15) is 5.11 Å². The first-order valence-corrected chi connectivity index (χ1v) is 9.97. The van der Waals surface area contributed by atoms with Gasteiger partial charge in [0.25, 0.3) is 0 Å². The van der Waals surface area contributed by atoms with Crippen molar-refractivity contribution in [1.82, 2.24) is 9.78 Å². The van der Waals surface area contributed by atoms with Crippen LogP contribution in [0.1, 0.15) is 12.1 Å². The van der Waals surface area contributed by atoms with Gasteiger partial charge in [-0.15, -0.1) is 0 Å². The number of alkyl halides is 1. The van der Waals surface area contributed by atoms with Gasteiger partial charge in [-0.1, -0.05) is 0 Å². The molecule has 1 aromatic heterocycles. The molecule has 1 aliphatic heterocycles. The zero-order valence-corrected chi connectivity index (χ0v) is 14.4. The molecule has 22 heavy (non-hydrogen) atoms. The molecular weight excluding hydrogens is 387 g/mol. The van der Waals surface area contributed by atoms with Gasteiger partial charge in [-0.25, -0.2) is 0 Å². The SMILES string of the molecule is C=C(O)CCc1cc(-c2ccccc2)n(C2=CC[I-]C=C2)n1. The van der Waals surface area contributed by atoms with Gasteiger partial charge >= 0.3 is 141 Å². The van der Waals surface area contributed by atoms with E-state index in [4.69, 9.17) is 5.10 Å². The van der Waals surface area contributed by atoms with Crippen molar-refractivity contribution in [1.29, 1.82) is 0 Å². The number of rotatable bonds is 5. The van der Waals surface area contributed by atoms with Crippen LogP contribution >= 0.6 is 0 Å². The second-order valence-corrected chi connectivity index (χ2v) is 7.58. The predicted octanol–water partition coefficient (Wildman–Crippen LogP) is 1.01. The van der Waals surface area contributed by atoms with E-state index in [1.807, 2.05) is 22.9 Å². The number of hydrogen-bond donors (Lipinski definition) is 1. The summed E-state index contributed by atoms with van der Waals surface area (Å²) >= 11 is 0.179. The molecule has 1 N–H and O–H groups in total. The molecule has 114 valence electrons. The number of halogens is 1. The van der Waals surface area contributed by atoms with Gasteiger partial charge in [0.15, 0.2) is 0 Å². The van der Waals surface area contributed by atoms with E-state index in [2.05, 4.69) is 41.0 Å². The molecule has 0 saturated heterocycles. The number of benzene rings is 1. The summed E-state index contributed by atoms with van der Waals surface area (Å²) < 4.78 is 5.46. The number of aliphatic hydroxyl groups excluding tert-OH is 1. The molecule has 0 atom stereocenters. The second-order valence-electron chi connectivity index (χ2n) is 5.10. The summed E-state index contributed by atoms with van der Waals surface area (Å²) in [5.74, 6) is 0.206. The van der Waals surface area contributed by atoms with Crippen molar-refractivity contribution in [3.63, 3.8) is 0 Å². The van der Waals surface area contributed by atoms with E-state index in [-0.39, 0.29) is 27.0 Å². The van der Waals surface area contributed by atoms with Crippen LogP contribution in [0.5, 0.6) is 0 Å². The molecule has 2 aromatic rings. The molecule has 0 radical (unpaired) electrons. The third kappa shape index (κ3) is 3.50. The summed E-state index contributed by atoms with van der Waals surface area (Å²) in [5.41, 5.74) is 4.36. The standard InChI is InChI=1S/C18H18IN2O/c1-14(22)7-8-16-13-18(15-5-3-2-4-6-15)21(20-16)17-9-11-19-12-10-17/h2-6,9-11,13,22H,1,7-8,12H2/q-1. The van der Waals surface area contributed by atoms with Crippen LogP contribution in [0.3, 0.4) is 0 Å². The molecule has 3 nitrogen and oxygen atoms in total. The maximum atomic E-state index is 9.31. The van der Waals surface area contributed by atoms with Gasteiger partial charge in [0.1, 0.15) is 0 Å². The van der Waals surface area contributed by atoms with Crippen LogP contribution in [0.4, 0.5) is 0 Å². The number of nitrogens with zero attached hydrogens (tertiary/aromatic N) is 2. The fourth-order valence-corrected chi connectivity index (χ4v) is 3.97. The van der Waals surface area contributed by atoms with Gasteiger partial charge in [0.05, 0.1) is 0 Å². The fourth-order valence-electron chi connectivity index (χ4n) is 2.35. The molecule has 0 saturated carbocycles. The predicted molar refractivity (Wildman–Crippen MR) is 86.0 cm³/mol. The molecular formula is C18H18IN2O-. The number of aryl methyl sites for hydroxylation is 1. The molecule has 0 spiro atoms. The van der Waals surface area contributed by atoms with Gasteiger partial charge in [-0.2, -0.15) is 0 Å². The van der Waals surface area contributed by atoms with Gasteiger partial charge < -0.3 is 0 Å². The first-order chi connectivity index (χ1) is 10.7. The first kappa shape index (κ1) is 15.1. The average molecular weight is 405 g/mol. The van der Waals surface area contributed by atoms with Crippen molar-refractivity contribution in [2.24, 2.45) is 0 Å². The van der Waals surface area contributed by atoms with Crippen molar-refractivity contribution in [3.05, 3.63) is 70.7 Å². The molecule has 2 heterocycles. The maximum absolute atomic E-state index is 9.31. The van der Waals surface area contributed by atoms with Crippen molar-refractivity contribution < 1.29 is 26.3 Å². The Hall–Kier alpha value is -1.82. The summed E-state index contributed by atoms with van der Waals surface area (Å²) in [5, 5.41) is 14.0. The van der Waals surface area contributed by atoms with Crippen LogP contribution in [-0.2, 0) is 6.42 Å². The van der Waals surface area contributed by atoms with Crippen molar-refractivity contribution in [2.75, 3.05) is 4.43 Å². The van der Waals surface area contributed by atoms with E-state index in [0.717, 1.165) is 27.1 Å². The Bertz CT molecular complexity index is 729. The Balaban J connectivity index is 2.00. The molecule has 3 rings (SSSR count). The zero-order chi connectivity index (χ0) is 15.4. The molecule has 0 aliphatic carbocycles. The van der Waals surface area contributed by atoms with E-state index in [1.165, 1.54) is 0 Å². The number of hydrogen-bond acceptors (Lipinski definition) is 2. The summed E-state index contributed by atoms with van der Waals surface area (Å²) in [4.78, 5) is 0. The van der Waals surface area contributed by atoms with E-state index < -0.39 is 0 Å². The molecule has 1 aliphatic rings. The van der Waals surface area contributed by atoms with Gasteiger partial charge in [0.2, 0.25) is 0 Å². The normalized spacial score (nSPS) is 14.3. The summed E-state index contributed by atoms with van der Waals surface area (Å²) in [6, 6.07) is 12.4. The number of aromatic nitrogens is 2. The van der Waals surface area contributed by atoms with Crippen molar-refractivity contribution >= 4 is 5.70 Å². The van der Waals surface area contributed by atoms with Crippen LogP contribution in [0.2, 0.25) is 0 Å². The third-order valence-corrected chi connectivity index (χ3v) is 5.26. The molecule has 0 unspecified atom stereocenters. The fraction of sp³-hybridized carbons (Fsp3) is 0.167. The first-order valence-electron chi connectivity index (χ1n) is 7.20. The Morgan fingerprint density at radius 1 is 1.32 bits per heavy atom. The Morgan fingerprint density at radius 2 is 2.14 bits per heavy atom. The average Bonchev–Trinajstić information content (AvgIpc) is 2.99. The van der Waals surface area contributed by atoms with Crippen molar-refractivity contribution in [3.8, 4) is 11.3 Å². The van der Waals surface area contributed by atoms with E-state index >= 15 is 0 Å².